The van der Waals surface area contributed by atoms with E-state index in [1.165, 1.54) is 19.4 Å². The van der Waals surface area contributed by atoms with Gasteiger partial charge in [-0.25, -0.2) is 0 Å². The number of halogens is 1. The normalized spacial score (nSPS) is 19.6. The summed E-state index contributed by atoms with van der Waals surface area (Å²) >= 11 is 3.48. The summed E-state index contributed by atoms with van der Waals surface area (Å²) in [6.45, 7) is 2.23. The monoisotopic (exact) mass is 324 g/mol. The van der Waals surface area contributed by atoms with Crippen molar-refractivity contribution < 1.29 is 0 Å². The summed E-state index contributed by atoms with van der Waals surface area (Å²) in [4.78, 5) is 4.69. The second kappa shape index (κ2) is 5.92. The van der Waals surface area contributed by atoms with Crippen LogP contribution in [-0.2, 0) is 0 Å². The van der Waals surface area contributed by atoms with Gasteiger partial charge >= 0.3 is 0 Å². The van der Waals surface area contributed by atoms with Crippen LogP contribution < -0.4 is 10.6 Å². The fourth-order valence-corrected chi connectivity index (χ4v) is 3.17. The molecule has 1 saturated heterocycles. The fourth-order valence-electron chi connectivity index (χ4n) is 2.59. The van der Waals surface area contributed by atoms with Gasteiger partial charge in [0.05, 0.1) is 0 Å². The smallest absolute Gasteiger partial charge is 0.123 e. The number of likely N-dealkylation sites (tertiary alicyclic amines) is 1. The van der Waals surface area contributed by atoms with E-state index in [4.69, 9.17) is 11.1 Å². The molecule has 2 rings (SSSR count). The quantitative estimate of drug-likeness (QED) is 0.659. The molecule has 104 valence electrons. The Labute approximate surface area is 123 Å². The Hall–Kier alpha value is -1.07. The van der Waals surface area contributed by atoms with Crippen molar-refractivity contribution in [3.63, 3.8) is 0 Å². The zero-order valence-corrected chi connectivity index (χ0v) is 13.1. The van der Waals surface area contributed by atoms with Crippen LogP contribution in [-0.4, -0.2) is 44.0 Å². The molecule has 1 aromatic rings. The molecule has 0 spiro atoms. The Morgan fingerprint density at radius 1 is 1.58 bits per heavy atom. The van der Waals surface area contributed by atoms with Gasteiger partial charge < -0.3 is 15.5 Å². The van der Waals surface area contributed by atoms with Gasteiger partial charge in [0.25, 0.3) is 0 Å². The minimum atomic E-state index is 0.0941. The first kappa shape index (κ1) is 14.3. The fraction of sp³-hybridized carbons (Fsp3) is 0.500. The summed E-state index contributed by atoms with van der Waals surface area (Å²) in [6, 6.07) is 6.59. The van der Waals surface area contributed by atoms with E-state index in [1.807, 2.05) is 18.2 Å². The van der Waals surface area contributed by atoms with E-state index in [1.54, 1.807) is 0 Å². The Kier molecular flexibility index (Phi) is 4.47. The lowest BCUT2D eigenvalue weighted by Crippen LogP contribution is -2.36. The third kappa shape index (κ3) is 3.28. The Bertz CT molecular complexity index is 475. The number of amidine groups is 1. The van der Waals surface area contributed by atoms with Crippen molar-refractivity contribution in [2.24, 2.45) is 5.73 Å². The number of nitrogen functional groups attached to an aromatic ring is 1. The van der Waals surface area contributed by atoms with Crippen molar-refractivity contribution >= 4 is 27.5 Å². The van der Waals surface area contributed by atoms with Gasteiger partial charge in [-0.2, -0.15) is 0 Å². The van der Waals surface area contributed by atoms with Gasteiger partial charge in [0.2, 0.25) is 0 Å². The van der Waals surface area contributed by atoms with Gasteiger partial charge in [0, 0.05) is 35.4 Å². The van der Waals surface area contributed by atoms with E-state index >= 15 is 0 Å². The molecule has 1 heterocycles. The molecule has 0 amide bonds. The van der Waals surface area contributed by atoms with Crippen LogP contribution in [0.5, 0.6) is 0 Å². The highest BCUT2D eigenvalue weighted by Gasteiger charge is 2.22. The molecule has 1 atom stereocenters. The standard InChI is InChI=1S/C14H21BrN4/c1-18-7-3-4-11(18)9-19(2)10-5-6-12(14(16)17)13(15)8-10/h5-6,8,11H,3-4,7,9H2,1-2H3,(H3,16,17). The Balaban J connectivity index is 2.09. The highest BCUT2D eigenvalue weighted by molar-refractivity contribution is 9.10. The zero-order valence-electron chi connectivity index (χ0n) is 11.5. The first-order chi connectivity index (χ1) is 8.99. The van der Waals surface area contributed by atoms with Crippen LogP contribution in [0, 0.1) is 5.41 Å². The van der Waals surface area contributed by atoms with E-state index in [0.717, 1.165) is 22.3 Å². The van der Waals surface area contributed by atoms with E-state index in [2.05, 4.69) is 39.8 Å². The molecule has 3 N–H and O–H groups in total. The number of rotatable bonds is 4. The molecule has 0 radical (unpaired) electrons. The summed E-state index contributed by atoms with van der Waals surface area (Å²) < 4.78 is 0.879. The van der Waals surface area contributed by atoms with Crippen LogP contribution in [0.15, 0.2) is 22.7 Å². The predicted octanol–water partition coefficient (Wildman–Crippen LogP) is 2.26. The highest BCUT2D eigenvalue weighted by Crippen LogP contribution is 2.25. The summed E-state index contributed by atoms with van der Waals surface area (Å²) in [5.41, 5.74) is 7.42. The van der Waals surface area contributed by atoms with E-state index < -0.39 is 0 Å². The Morgan fingerprint density at radius 3 is 2.84 bits per heavy atom. The van der Waals surface area contributed by atoms with Crippen LogP contribution in [0.25, 0.3) is 0 Å². The number of hydrogen-bond donors (Lipinski definition) is 2. The number of nitrogens with zero attached hydrogens (tertiary/aromatic N) is 2. The molecule has 1 unspecified atom stereocenters. The SMILES string of the molecule is CN(CC1CCCN1C)c1ccc(C(=N)N)c(Br)c1. The van der Waals surface area contributed by atoms with E-state index in [9.17, 15) is 0 Å². The van der Waals surface area contributed by atoms with E-state index in [0.29, 0.717) is 6.04 Å². The second-order valence-corrected chi connectivity index (χ2v) is 6.09. The summed E-state index contributed by atoms with van der Waals surface area (Å²) in [7, 11) is 4.31. The van der Waals surface area contributed by atoms with Crippen molar-refractivity contribution in [3.8, 4) is 0 Å². The number of benzene rings is 1. The maximum Gasteiger partial charge on any atom is 0.123 e. The second-order valence-electron chi connectivity index (χ2n) is 5.24. The lowest BCUT2D eigenvalue weighted by atomic mass is 10.1. The van der Waals surface area contributed by atoms with Crippen LogP contribution >= 0.6 is 15.9 Å². The third-order valence-electron chi connectivity index (χ3n) is 3.84. The third-order valence-corrected chi connectivity index (χ3v) is 4.50. The molecule has 19 heavy (non-hydrogen) atoms. The molecular weight excluding hydrogens is 304 g/mol. The van der Waals surface area contributed by atoms with E-state index in [-0.39, 0.29) is 5.84 Å². The molecule has 0 aromatic heterocycles. The number of hydrogen-bond acceptors (Lipinski definition) is 3. The van der Waals surface area contributed by atoms with Crippen molar-refractivity contribution in [2.45, 2.75) is 18.9 Å². The summed E-state index contributed by atoms with van der Waals surface area (Å²) in [6.07, 6.45) is 2.56. The highest BCUT2D eigenvalue weighted by atomic mass is 79.9. The lowest BCUT2D eigenvalue weighted by Gasteiger charge is -2.27. The minimum absolute atomic E-state index is 0.0941. The first-order valence-electron chi connectivity index (χ1n) is 6.54. The van der Waals surface area contributed by atoms with Crippen LogP contribution in [0.4, 0.5) is 5.69 Å². The molecule has 5 heteroatoms. The maximum atomic E-state index is 7.49. The summed E-state index contributed by atoms with van der Waals surface area (Å²) in [5, 5.41) is 7.49. The molecule has 0 aliphatic carbocycles. The van der Waals surface area contributed by atoms with Crippen LogP contribution in [0.1, 0.15) is 18.4 Å². The van der Waals surface area contributed by atoms with Gasteiger partial charge in [-0.3, -0.25) is 5.41 Å². The van der Waals surface area contributed by atoms with Crippen LogP contribution in [0.3, 0.4) is 0 Å². The first-order valence-corrected chi connectivity index (χ1v) is 7.33. The topological polar surface area (TPSA) is 56.4 Å². The molecule has 1 fully saturated rings. The number of anilines is 1. The number of likely N-dealkylation sites (N-methyl/N-ethyl adjacent to an activating group) is 2. The molecule has 0 saturated carbocycles. The van der Waals surface area contributed by atoms with Gasteiger partial charge in [-0.1, -0.05) is 0 Å². The maximum absolute atomic E-state index is 7.49. The van der Waals surface area contributed by atoms with Crippen molar-refractivity contribution in [3.05, 3.63) is 28.2 Å². The zero-order chi connectivity index (χ0) is 14.0. The van der Waals surface area contributed by atoms with Gasteiger partial charge in [-0.05, 0) is 60.6 Å². The molecular formula is C14H21BrN4. The minimum Gasteiger partial charge on any atom is -0.384 e. The van der Waals surface area contributed by atoms with Crippen LogP contribution in [0.2, 0.25) is 0 Å². The molecule has 1 aromatic carbocycles. The lowest BCUT2D eigenvalue weighted by molar-refractivity contribution is 0.314. The number of nitrogens with one attached hydrogen (secondary N) is 1. The van der Waals surface area contributed by atoms with Crippen molar-refractivity contribution in [1.82, 2.24) is 4.90 Å². The summed E-state index contributed by atoms with van der Waals surface area (Å²) in [5.74, 6) is 0.0941. The largest absolute Gasteiger partial charge is 0.384 e. The number of nitrogens with two attached hydrogens (primary N) is 1. The van der Waals surface area contributed by atoms with Crippen molar-refractivity contribution in [1.29, 1.82) is 5.41 Å². The Morgan fingerprint density at radius 2 is 2.32 bits per heavy atom. The van der Waals surface area contributed by atoms with Crippen molar-refractivity contribution in [2.75, 3.05) is 32.1 Å². The van der Waals surface area contributed by atoms with Gasteiger partial charge in [0.15, 0.2) is 0 Å². The molecule has 1 aliphatic rings. The molecule has 1 aliphatic heterocycles. The van der Waals surface area contributed by atoms with Gasteiger partial charge in [-0.15, -0.1) is 0 Å². The average Bonchev–Trinajstić information content (AvgIpc) is 2.74. The molecule has 0 bridgehead atoms. The average molecular weight is 325 g/mol. The van der Waals surface area contributed by atoms with Gasteiger partial charge in [0.1, 0.15) is 5.84 Å². The predicted molar refractivity (Wildman–Crippen MR) is 84.1 cm³/mol. The molecule has 4 nitrogen and oxygen atoms in total.